The van der Waals surface area contributed by atoms with Gasteiger partial charge < -0.3 is 9.47 Å². The molecule has 102 valence electrons. The number of para-hydroxylation sites is 1. The van der Waals surface area contributed by atoms with E-state index in [1.807, 2.05) is 0 Å². The summed E-state index contributed by atoms with van der Waals surface area (Å²) in [5, 5.41) is 11.0. The van der Waals surface area contributed by atoms with Crippen molar-refractivity contribution in [1.29, 1.82) is 0 Å². The highest BCUT2D eigenvalue weighted by molar-refractivity contribution is 5.68. The van der Waals surface area contributed by atoms with E-state index in [2.05, 4.69) is 0 Å². The highest BCUT2D eigenvalue weighted by atomic mass is 16.6. The molecule has 0 radical (unpaired) electrons. The second-order valence-electron chi connectivity index (χ2n) is 3.93. The molecule has 1 atom stereocenters. The van der Waals surface area contributed by atoms with Crippen LogP contribution in [0.2, 0.25) is 0 Å². The van der Waals surface area contributed by atoms with Crippen LogP contribution in [0.15, 0.2) is 24.3 Å². The first-order valence-corrected chi connectivity index (χ1v) is 5.93. The van der Waals surface area contributed by atoms with Crippen LogP contribution in [0.4, 0.5) is 10.5 Å². The van der Waals surface area contributed by atoms with Gasteiger partial charge in [0.1, 0.15) is 0 Å². The summed E-state index contributed by atoms with van der Waals surface area (Å²) in [5.41, 5.74) is 0.293. The van der Waals surface area contributed by atoms with Gasteiger partial charge in [-0.05, 0) is 13.0 Å². The Bertz CT molecular complexity index is 491. The van der Waals surface area contributed by atoms with Crippen molar-refractivity contribution in [2.45, 2.75) is 13.2 Å². The van der Waals surface area contributed by atoms with Crippen molar-refractivity contribution in [2.75, 3.05) is 19.8 Å². The Labute approximate surface area is 109 Å². The van der Waals surface area contributed by atoms with Crippen LogP contribution < -0.4 is 0 Å². The topological polar surface area (TPSA) is 81.9 Å². The van der Waals surface area contributed by atoms with Gasteiger partial charge in [0.2, 0.25) is 0 Å². The molecule has 0 aliphatic carbocycles. The number of amides is 1. The summed E-state index contributed by atoms with van der Waals surface area (Å²) in [6.07, 6.45) is -1.29. The number of hydrogen-bond donors (Lipinski definition) is 0. The lowest BCUT2D eigenvalue weighted by molar-refractivity contribution is -0.386. The number of nitro groups is 1. The zero-order valence-electron chi connectivity index (χ0n) is 10.4. The van der Waals surface area contributed by atoms with Gasteiger partial charge in [-0.25, -0.2) is 4.79 Å². The fourth-order valence-corrected chi connectivity index (χ4v) is 1.98. The molecule has 0 bridgehead atoms. The van der Waals surface area contributed by atoms with Crippen molar-refractivity contribution in [2.24, 2.45) is 0 Å². The van der Waals surface area contributed by atoms with E-state index in [9.17, 15) is 14.9 Å². The van der Waals surface area contributed by atoms with Crippen molar-refractivity contribution in [1.82, 2.24) is 4.90 Å². The predicted octanol–water partition coefficient (Wildman–Crippen LogP) is 2.08. The van der Waals surface area contributed by atoms with E-state index in [1.165, 1.54) is 11.0 Å². The number of carbonyl (C=O) groups is 1. The molecule has 0 aromatic heterocycles. The average Bonchev–Trinajstić information content (AvgIpc) is 2.88. The third-order valence-corrected chi connectivity index (χ3v) is 2.79. The summed E-state index contributed by atoms with van der Waals surface area (Å²) >= 11 is 0. The van der Waals surface area contributed by atoms with E-state index >= 15 is 0 Å². The molecule has 1 aliphatic rings. The van der Waals surface area contributed by atoms with Crippen LogP contribution in [0.5, 0.6) is 0 Å². The minimum absolute atomic E-state index is 0.0660. The zero-order chi connectivity index (χ0) is 13.8. The van der Waals surface area contributed by atoms with E-state index in [0.29, 0.717) is 18.7 Å². The molecule has 2 rings (SSSR count). The van der Waals surface area contributed by atoms with Gasteiger partial charge in [-0.2, -0.15) is 0 Å². The number of nitrogens with zero attached hydrogens (tertiary/aromatic N) is 2. The van der Waals surface area contributed by atoms with E-state index in [-0.39, 0.29) is 12.3 Å². The largest absolute Gasteiger partial charge is 0.450 e. The number of nitro benzene ring substituents is 1. The smallest absolute Gasteiger partial charge is 0.412 e. The summed E-state index contributed by atoms with van der Waals surface area (Å²) in [5.74, 6) is 0. The molecule has 7 heteroatoms. The quantitative estimate of drug-likeness (QED) is 0.618. The molecule has 1 aliphatic heterocycles. The molecule has 1 saturated heterocycles. The number of hydrogen-bond acceptors (Lipinski definition) is 5. The van der Waals surface area contributed by atoms with Crippen molar-refractivity contribution < 1.29 is 19.2 Å². The molecule has 0 spiro atoms. The van der Waals surface area contributed by atoms with E-state index in [1.54, 1.807) is 25.1 Å². The van der Waals surface area contributed by atoms with Gasteiger partial charge in [-0.3, -0.25) is 15.0 Å². The van der Waals surface area contributed by atoms with E-state index < -0.39 is 17.2 Å². The molecule has 1 heterocycles. The molecular weight excluding hydrogens is 252 g/mol. The molecule has 1 fully saturated rings. The van der Waals surface area contributed by atoms with Gasteiger partial charge in [0, 0.05) is 6.07 Å². The van der Waals surface area contributed by atoms with Crippen molar-refractivity contribution >= 4 is 11.8 Å². The molecular formula is C12H14N2O5. The Morgan fingerprint density at radius 1 is 1.58 bits per heavy atom. The van der Waals surface area contributed by atoms with Crippen LogP contribution in [0.1, 0.15) is 18.7 Å². The fraction of sp³-hybridized carbons (Fsp3) is 0.417. The maximum atomic E-state index is 11.8. The fourth-order valence-electron chi connectivity index (χ4n) is 1.98. The Morgan fingerprint density at radius 2 is 2.32 bits per heavy atom. The first-order chi connectivity index (χ1) is 9.15. The molecule has 1 unspecified atom stereocenters. The normalized spacial score (nSPS) is 18.4. The summed E-state index contributed by atoms with van der Waals surface area (Å²) in [6.45, 7) is 2.64. The summed E-state index contributed by atoms with van der Waals surface area (Å²) in [7, 11) is 0. The standard InChI is InChI=1S/C12H14N2O5/c1-2-18-12(15)13-7-8-19-11(13)9-5-3-4-6-10(9)14(16)17/h3-6,11H,2,7-8H2,1H3. The lowest BCUT2D eigenvalue weighted by atomic mass is 10.1. The molecule has 19 heavy (non-hydrogen) atoms. The highest BCUT2D eigenvalue weighted by Gasteiger charge is 2.35. The number of carbonyl (C=O) groups excluding carboxylic acids is 1. The van der Waals surface area contributed by atoms with Gasteiger partial charge in [-0.15, -0.1) is 0 Å². The minimum Gasteiger partial charge on any atom is -0.450 e. The first kappa shape index (κ1) is 13.3. The molecule has 1 aromatic carbocycles. The Hall–Kier alpha value is -2.15. The molecule has 7 nitrogen and oxygen atoms in total. The van der Waals surface area contributed by atoms with Crippen molar-refractivity contribution in [3.8, 4) is 0 Å². The van der Waals surface area contributed by atoms with Crippen LogP contribution in [-0.2, 0) is 9.47 Å². The van der Waals surface area contributed by atoms with Crippen LogP contribution in [-0.4, -0.2) is 35.7 Å². The van der Waals surface area contributed by atoms with Crippen LogP contribution >= 0.6 is 0 Å². The average molecular weight is 266 g/mol. The Morgan fingerprint density at radius 3 is 3.00 bits per heavy atom. The van der Waals surface area contributed by atoms with Crippen LogP contribution in [0.25, 0.3) is 0 Å². The second kappa shape index (κ2) is 5.66. The maximum absolute atomic E-state index is 11.8. The SMILES string of the molecule is CCOC(=O)N1CCOC1c1ccccc1[N+](=O)[O-]. The third kappa shape index (κ3) is 2.65. The van der Waals surface area contributed by atoms with Gasteiger partial charge in [0.05, 0.1) is 30.2 Å². The Balaban J connectivity index is 2.30. The summed E-state index contributed by atoms with van der Waals surface area (Å²) in [6, 6.07) is 6.22. The minimum atomic E-state index is -0.763. The molecule has 0 N–H and O–H groups in total. The Kier molecular flexibility index (Phi) is 3.96. The van der Waals surface area contributed by atoms with Crippen LogP contribution in [0, 0.1) is 10.1 Å². The maximum Gasteiger partial charge on any atom is 0.412 e. The molecule has 0 saturated carbocycles. The highest BCUT2D eigenvalue weighted by Crippen LogP contribution is 2.33. The van der Waals surface area contributed by atoms with Crippen LogP contribution in [0.3, 0.4) is 0 Å². The third-order valence-electron chi connectivity index (χ3n) is 2.79. The lowest BCUT2D eigenvalue weighted by Crippen LogP contribution is -2.32. The number of ether oxygens (including phenoxy) is 2. The van der Waals surface area contributed by atoms with Crippen molar-refractivity contribution in [3.05, 3.63) is 39.9 Å². The first-order valence-electron chi connectivity index (χ1n) is 5.93. The lowest BCUT2D eigenvalue weighted by Gasteiger charge is -2.22. The number of benzene rings is 1. The molecule has 1 amide bonds. The summed E-state index contributed by atoms with van der Waals surface area (Å²) < 4.78 is 10.3. The predicted molar refractivity (Wildman–Crippen MR) is 65.5 cm³/mol. The monoisotopic (exact) mass is 266 g/mol. The van der Waals surface area contributed by atoms with Crippen molar-refractivity contribution in [3.63, 3.8) is 0 Å². The van der Waals surface area contributed by atoms with Gasteiger partial charge in [-0.1, -0.05) is 12.1 Å². The van der Waals surface area contributed by atoms with E-state index in [4.69, 9.17) is 9.47 Å². The van der Waals surface area contributed by atoms with E-state index in [0.717, 1.165) is 0 Å². The molecule has 1 aromatic rings. The second-order valence-corrected chi connectivity index (χ2v) is 3.93. The van der Waals surface area contributed by atoms with Gasteiger partial charge in [0.15, 0.2) is 6.23 Å². The zero-order valence-corrected chi connectivity index (χ0v) is 10.4. The van der Waals surface area contributed by atoms with Gasteiger partial charge in [0.25, 0.3) is 5.69 Å². The van der Waals surface area contributed by atoms with Gasteiger partial charge >= 0.3 is 6.09 Å². The summed E-state index contributed by atoms with van der Waals surface area (Å²) in [4.78, 5) is 23.6. The number of rotatable bonds is 3.